The maximum Gasteiger partial charge on any atom is 0.353 e. The molecule has 2 aromatic carbocycles. The first kappa shape index (κ1) is 16.2. The van der Waals surface area contributed by atoms with Crippen molar-refractivity contribution in [2.75, 3.05) is 6.61 Å². The molecule has 0 fully saturated rings. The summed E-state index contributed by atoms with van der Waals surface area (Å²) in [5.41, 5.74) is 1.74. The minimum atomic E-state index is -1.11. The Bertz CT molecular complexity index is 848. The van der Waals surface area contributed by atoms with E-state index in [1.54, 1.807) is 18.2 Å². The highest BCUT2D eigenvalue weighted by Gasteiger charge is 2.19. The van der Waals surface area contributed by atoms with Crippen LogP contribution in [0, 0.1) is 0 Å². The summed E-state index contributed by atoms with van der Waals surface area (Å²) in [7, 11) is 0. The lowest BCUT2D eigenvalue weighted by Gasteiger charge is -2.15. The van der Waals surface area contributed by atoms with Crippen molar-refractivity contribution in [1.82, 2.24) is 5.32 Å². The van der Waals surface area contributed by atoms with Crippen LogP contribution in [-0.2, 0) is 11.3 Å². The molecule has 0 unspecified atom stereocenters. The standard InChI is InChI=1S/C17H13BrN2O4/c18-12-4-2-1-3-11(12)8-19-16(21)10-5-6-13-15(7-10)24-9-14(20-13)17(22)23/h1-7H,8-9H2,(H,19,21)(H,22,23). The maximum absolute atomic E-state index is 12.3. The predicted octanol–water partition coefficient (Wildman–Crippen LogP) is 2.93. The van der Waals surface area contributed by atoms with Gasteiger partial charge in [0.05, 0.1) is 0 Å². The fraction of sp³-hybridized carbons (Fsp3) is 0.118. The van der Waals surface area contributed by atoms with E-state index >= 15 is 0 Å². The fourth-order valence-corrected chi connectivity index (χ4v) is 2.64. The first-order valence-corrected chi connectivity index (χ1v) is 7.93. The van der Waals surface area contributed by atoms with E-state index in [0.29, 0.717) is 23.5 Å². The number of carbonyl (C=O) groups excluding carboxylic acids is 1. The molecule has 0 bridgehead atoms. The Balaban J connectivity index is 1.73. The summed E-state index contributed by atoms with van der Waals surface area (Å²) in [5, 5.41) is 11.8. The van der Waals surface area contributed by atoms with Gasteiger partial charge >= 0.3 is 5.97 Å². The normalized spacial score (nSPS) is 12.6. The monoisotopic (exact) mass is 388 g/mol. The van der Waals surface area contributed by atoms with E-state index < -0.39 is 5.97 Å². The van der Waals surface area contributed by atoms with Crippen LogP contribution in [0.2, 0.25) is 0 Å². The summed E-state index contributed by atoms with van der Waals surface area (Å²) in [5.74, 6) is -0.963. The number of ether oxygens (including phenoxy) is 1. The van der Waals surface area contributed by atoms with E-state index in [0.717, 1.165) is 10.0 Å². The van der Waals surface area contributed by atoms with E-state index in [1.165, 1.54) is 0 Å². The van der Waals surface area contributed by atoms with Crippen LogP contribution >= 0.6 is 15.9 Å². The highest BCUT2D eigenvalue weighted by Crippen LogP contribution is 2.31. The molecule has 1 heterocycles. The van der Waals surface area contributed by atoms with E-state index in [-0.39, 0.29) is 18.2 Å². The zero-order chi connectivity index (χ0) is 17.1. The molecule has 0 aliphatic carbocycles. The first-order chi connectivity index (χ1) is 11.5. The average molecular weight is 389 g/mol. The number of nitrogens with zero attached hydrogens (tertiary/aromatic N) is 1. The van der Waals surface area contributed by atoms with Crippen molar-refractivity contribution in [3.63, 3.8) is 0 Å². The van der Waals surface area contributed by atoms with Crippen LogP contribution in [0.5, 0.6) is 5.75 Å². The zero-order valence-corrected chi connectivity index (χ0v) is 14.0. The van der Waals surface area contributed by atoms with Crippen molar-refractivity contribution in [2.45, 2.75) is 6.54 Å². The highest BCUT2D eigenvalue weighted by molar-refractivity contribution is 9.10. The van der Waals surface area contributed by atoms with Gasteiger partial charge in [0.1, 0.15) is 18.0 Å². The fourth-order valence-electron chi connectivity index (χ4n) is 2.22. The first-order valence-electron chi connectivity index (χ1n) is 7.14. The molecule has 6 nitrogen and oxygen atoms in total. The lowest BCUT2D eigenvalue weighted by molar-refractivity contribution is -0.129. The number of carbonyl (C=O) groups is 2. The number of aliphatic carboxylic acids is 1. The van der Waals surface area contributed by atoms with Gasteiger partial charge in [-0.3, -0.25) is 4.79 Å². The van der Waals surface area contributed by atoms with E-state index in [2.05, 4.69) is 26.2 Å². The highest BCUT2D eigenvalue weighted by atomic mass is 79.9. The van der Waals surface area contributed by atoms with Crippen molar-refractivity contribution in [2.24, 2.45) is 4.99 Å². The minimum Gasteiger partial charge on any atom is -0.485 e. The number of amides is 1. The van der Waals surface area contributed by atoms with Gasteiger partial charge in [-0.25, -0.2) is 9.79 Å². The van der Waals surface area contributed by atoms with Crippen LogP contribution in [0.15, 0.2) is 51.9 Å². The molecule has 1 amide bonds. The van der Waals surface area contributed by atoms with E-state index in [1.807, 2.05) is 24.3 Å². The Morgan fingerprint density at radius 3 is 2.79 bits per heavy atom. The summed E-state index contributed by atoms with van der Waals surface area (Å²) in [6.45, 7) is 0.268. The predicted molar refractivity (Wildman–Crippen MR) is 92.0 cm³/mol. The Morgan fingerprint density at radius 2 is 2.04 bits per heavy atom. The number of rotatable bonds is 4. The molecule has 0 spiro atoms. The topological polar surface area (TPSA) is 88.0 Å². The van der Waals surface area contributed by atoms with Crippen molar-refractivity contribution in [1.29, 1.82) is 0 Å². The molecule has 1 aliphatic heterocycles. The number of carboxylic acids is 1. The zero-order valence-electron chi connectivity index (χ0n) is 12.5. The molecule has 0 radical (unpaired) electrons. The molecular formula is C17H13BrN2O4. The van der Waals surface area contributed by atoms with Gasteiger partial charge < -0.3 is 15.2 Å². The van der Waals surface area contributed by atoms with Crippen molar-refractivity contribution >= 4 is 39.2 Å². The van der Waals surface area contributed by atoms with Gasteiger partial charge in [0.25, 0.3) is 5.91 Å². The van der Waals surface area contributed by atoms with E-state index in [4.69, 9.17) is 9.84 Å². The Hall–Kier alpha value is -2.67. The Labute approximate surface area is 146 Å². The molecule has 0 atom stereocenters. The van der Waals surface area contributed by atoms with Crippen LogP contribution in [-0.4, -0.2) is 29.3 Å². The van der Waals surface area contributed by atoms with Gasteiger partial charge in [-0.1, -0.05) is 34.1 Å². The molecule has 3 rings (SSSR count). The minimum absolute atomic E-state index is 0.0615. The molecule has 0 saturated heterocycles. The third kappa shape index (κ3) is 3.46. The van der Waals surface area contributed by atoms with Crippen LogP contribution in [0.3, 0.4) is 0 Å². The van der Waals surface area contributed by atoms with Crippen molar-refractivity contribution < 1.29 is 19.4 Å². The van der Waals surface area contributed by atoms with Gasteiger partial charge in [-0.2, -0.15) is 0 Å². The molecule has 2 aromatic rings. The van der Waals surface area contributed by atoms with Crippen molar-refractivity contribution in [3.8, 4) is 5.75 Å². The number of nitrogens with one attached hydrogen (secondary N) is 1. The summed E-state index contributed by atoms with van der Waals surface area (Å²) in [6, 6.07) is 12.4. The van der Waals surface area contributed by atoms with Gasteiger partial charge in [0.2, 0.25) is 0 Å². The van der Waals surface area contributed by atoms with Crippen LogP contribution in [0.25, 0.3) is 0 Å². The average Bonchev–Trinajstić information content (AvgIpc) is 2.59. The second-order valence-corrected chi connectivity index (χ2v) is 5.96. The van der Waals surface area contributed by atoms with Crippen LogP contribution < -0.4 is 10.1 Å². The number of hydrogen-bond donors (Lipinski definition) is 2. The SMILES string of the molecule is O=C(O)C1=Nc2ccc(C(=O)NCc3ccccc3Br)cc2OC1. The lowest BCUT2D eigenvalue weighted by Crippen LogP contribution is -2.25. The van der Waals surface area contributed by atoms with Gasteiger partial charge in [-0.15, -0.1) is 0 Å². The Morgan fingerprint density at radius 1 is 1.25 bits per heavy atom. The van der Waals surface area contributed by atoms with E-state index in [9.17, 15) is 9.59 Å². The number of fused-ring (bicyclic) bond motifs is 1. The van der Waals surface area contributed by atoms with Gasteiger partial charge in [-0.05, 0) is 29.8 Å². The van der Waals surface area contributed by atoms with Gasteiger partial charge in [0.15, 0.2) is 5.71 Å². The number of aliphatic imine (C=N–C) groups is 1. The largest absolute Gasteiger partial charge is 0.485 e. The van der Waals surface area contributed by atoms with Crippen molar-refractivity contribution in [3.05, 3.63) is 58.1 Å². The maximum atomic E-state index is 12.3. The summed E-state index contributed by atoms with van der Waals surface area (Å²) >= 11 is 3.44. The third-order valence-electron chi connectivity index (χ3n) is 3.49. The molecule has 2 N–H and O–H groups in total. The smallest absolute Gasteiger partial charge is 0.353 e. The summed E-state index contributed by atoms with van der Waals surface area (Å²) in [4.78, 5) is 27.2. The van der Waals surface area contributed by atoms with Crippen LogP contribution in [0.4, 0.5) is 5.69 Å². The van der Waals surface area contributed by atoms with Gasteiger partial charge in [0, 0.05) is 16.6 Å². The summed E-state index contributed by atoms with van der Waals surface area (Å²) in [6.07, 6.45) is 0. The molecule has 24 heavy (non-hydrogen) atoms. The number of hydrogen-bond acceptors (Lipinski definition) is 4. The second kappa shape index (κ2) is 6.84. The number of halogens is 1. The quantitative estimate of drug-likeness (QED) is 0.842. The summed E-state index contributed by atoms with van der Waals surface area (Å²) < 4.78 is 6.30. The number of carboxylic acid groups (broad SMARTS) is 1. The Kier molecular flexibility index (Phi) is 4.61. The van der Waals surface area contributed by atoms with Crippen LogP contribution in [0.1, 0.15) is 15.9 Å². The number of benzene rings is 2. The second-order valence-electron chi connectivity index (χ2n) is 5.11. The lowest BCUT2D eigenvalue weighted by atomic mass is 10.1. The molecule has 0 aromatic heterocycles. The molecular weight excluding hydrogens is 376 g/mol. The molecule has 1 aliphatic rings. The molecule has 7 heteroatoms. The molecule has 0 saturated carbocycles. The molecule has 122 valence electrons. The third-order valence-corrected chi connectivity index (χ3v) is 4.26.